The summed E-state index contributed by atoms with van der Waals surface area (Å²) >= 11 is 1.51. The number of rotatable bonds is 8. The van der Waals surface area contributed by atoms with Crippen LogP contribution in [0.15, 0.2) is 58.3 Å². The number of pyridine rings is 1. The number of sulfonamides is 1. The Bertz CT molecular complexity index is 2420. The van der Waals surface area contributed by atoms with E-state index >= 15 is 0 Å². The number of carbonyl (C=O) groups excluding carboxylic acids is 4. The van der Waals surface area contributed by atoms with Crippen molar-refractivity contribution in [2.75, 3.05) is 13.7 Å². The number of amides is 4. The molecule has 0 radical (unpaired) electrons. The van der Waals surface area contributed by atoms with Crippen molar-refractivity contribution in [3.05, 3.63) is 53.9 Å². The first kappa shape index (κ1) is 40.6. The summed E-state index contributed by atoms with van der Waals surface area (Å²) in [6.45, 7) is 5.14. The third-order valence-corrected chi connectivity index (χ3v) is 13.9. The molecule has 0 bridgehead atoms. The molecule has 2 aliphatic carbocycles. The molecule has 17 heteroatoms. The van der Waals surface area contributed by atoms with Gasteiger partial charge in [0.15, 0.2) is 11.3 Å². The average molecular weight is 848 g/mol. The third kappa shape index (κ3) is 8.62. The molecule has 2 saturated carbocycles. The first-order valence-corrected chi connectivity index (χ1v) is 22.5. The molecule has 1 saturated heterocycles. The fraction of sp³-hybridized carbons (Fsp3) is 0.500. The zero-order valence-electron chi connectivity index (χ0n) is 33.4. The highest BCUT2D eigenvalue weighted by atomic mass is 32.2. The quantitative estimate of drug-likeness (QED) is 0.177. The molecular weight excluding hydrogens is 799 g/mol. The summed E-state index contributed by atoms with van der Waals surface area (Å²) < 4.78 is 52.2. The van der Waals surface area contributed by atoms with Crippen LogP contribution in [-0.4, -0.2) is 90.3 Å². The molecule has 1 aromatic carbocycles. The summed E-state index contributed by atoms with van der Waals surface area (Å²) in [4.78, 5) is 63.5. The Morgan fingerprint density at radius 1 is 1.08 bits per heavy atom. The van der Waals surface area contributed by atoms with E-state index in [1.807, 2.05) is 35.7 Å². The van der Waals surface area contributed by atoms with Gasteiger partial charge in [-0.3, -0.25) is 19.1 Å². The molecule has 5 atom stereocenters. The van der Waals surface area contributed by atoms with Crippen molar-refractivity contribution < 1.29 is 46.2 Å². The lowest BCUT2D eigenvalue weighted by atomic mass is 10.0. The molecule has 15 nitrogen and oxygen atoms in total. The van der Waals surface area contributed by atoms with Crippen LogP contribution >= 0.6 is 11.3 Å². The van der Waals surface area contributed by atoms with Crippen molar-refractivity contribution in [1.82, 2.24) is 25.2 Å². The van der Waals surface area contributed by atoms with E-state index in [9.17, 15) is 27.6 Å². The number of allylic oxidation sites excluding steroid dienone is 1. The van der Waals surface area contributed by atoms with E-state index in [1.165, 1.54) is 16.2 Å². The van der Waals surface area contributed by atoms with E-state index in [2.05, 4.69) is 15.4 Å². The fourth-order valence-electron chi connectivity index (χ4n) is 7.93. The predicted octanol–water partition coefficient (Wildman–Crippen LogP) is 5.96. The largest absolute Gasteiger partial charge is 0.497 e. The van der Waals surface area contributed by atoms with Gasteiger partial charge < -0.3 is 34.2 Å². The first-order valence-electron chi connectivity index (χ1n) is 20.1. The molecule has 3 fully saturated rings. The van der Waals surface area contributed by atoms with Crippen LogP contribution in [0.3, 0.4) is 0 Å². The smallest absolute Gasteiger partial charge is 0.408 e. The topological polar surface area (TPSA) is 195 Å². The van der Waals surface area contributed by atoms with Gasteiger partial charge in [-0.2, -0.15) is 0 Å². The minimum absolute atomic E-state index is 0.0154. The first-order chi connectivity index (χ1) is 28.1. The number of aromatic nitrogens is 1. The normalized spacial score (nSPS) is 25.3. The van der Waals surface area contributed by atoms with Crippen LogP contribution in [0, 0.1) is 5.92 Å². The second-order valence-electron chi connectivity index (χ2n) is 16.8. The highest BCUT2D eigenvalue weighted by molar-refractivity contribution is 7.91. The van der Waals surface area contributed by atoms with Gasteiger partial charge in [0.05, 0.1) is 34.9 Å². The molecule has 8 rings (SSSR count). The van der Waals surface area contributed by atoms with E-state index in [0.29, 0.717) is 71.4 Å². The van der Waals surface area contributed by atoms with Crippen molar-refractivity contribution in [1.29, 1.82) is 0 Å². The Hall–Kier alpha value is -5.16. The highest BCUT2D eigenvalue weighted by Crippen LogP contribution is 2.46. The number of ether oxygens (including phenoxy) is 3. The fourth-order valence-corrected chi connectivity index (χ4v) is 9.98. The molecule has 3 aromatic heterocycles. The molecule has 5 heterocycles. The maximum atomic E-state index is 14.7. The lowest BCUT2D eigenvalue weighted by Crippen LogP contribution is -2.58. The number of nitrogens with zero attached hydrogens (tertiary/aromatic N) is 2. The molecule has 4 aromatic rings. The van der Waals surface area contributed by atoms with Crippen LogP contribution in [0.5, 0.6) is 11.5 Å². The van der Waals surface area contributed by atoms with E-state index in [4.69, 9.17) is 23.6 Å². The van der Waals surface area contributed by atoms with E-state index in [1.54, 1.807) is 46.1 Å². The van der Waals surface area contributed by atoms with Crippen molar-refractivity contribution in [2.45, 2.75) is 113 Å². The van der Waals surface area contributed by atoms with Crippen molar-refractivity contribution in [2.24, 2.45) is 5.92 Å². The number of benzene rings is 1. The lowest BCUT2D eigenvalue weighted by molar-refractivity contribution is -0.141. The van der Waals surface area contributed by atoms with Crippen LogP contribution in [0.4, 0.5) is 4.79 Å². The number of alkyl carbamates (subject to hydrolysis) is 1. The van der Waals surface area contributed by atoms with Crippen molar-refractivity contribution in [3.63, 3.8) is 0 Å². The number of nitrogens with one attached hydrogen (secondary N) is 3. The standard InChI is InChI=1S/C42H49N5O10S2/c1-41(2,3)57-40(51)44-29-12-9-7-5-6-8-11-24-22-42(24,39(50)46-59(52,53)27-15-16-27)45-37(48)31-20-26(23-47(31)38(29)49)55-33-21-30(34-13-10-18-58-34)43-35-28-19-25(54-4)14-17-32(28)56-36(33)35/h8,10-11,13-14,17-19,21,24,26-27,29,31H,5-7,9,12,15-16,20,22-23H2,1-4H3,(H,44,51)(H,45,48)(H,46,50)/t24-,26-,29+,31+,42-/m1/s1. The highest BCUT2D eigenvalue weighted by Gasteiger charge is 2.62. The van der Waals surface area contributed by atoms with Crippen LogP contribution in [-0.2, 0) is 29.1 Å². The van der Waals surface area contributed by atoms with Crippen LogP contribution in [0.1, 0.15) is 78.6 Å². The minimum atomic E-state index is -3.92. The number of furan rings is 1. The van der Waals surface area contributed by atoms with Crippen molar-refractivity contribution in [3.8, 4) is 22.1 Å². The van der Waals surface area contributed by atoms with Gasteiger partial charge in [-0.1, -0.05) is 31.1 Å². The molecule has 0 unspecified atom stereocenters. The van der Waals surface area contributed by atoms with Crippen molar-refractivity contribution >= 4 is 67.2 Å². The Morgan fingerprint density at radius 3 is 2.63 bits per heavy atom. The number of thiophene rings is 1. The second kappa shape index (κ2) is 15.8. The zero-order valence-corrected chi connectivity index (χ0v) is 35.1. The van der Waals surface area contributed by atoms with Gasteiger partial charge in [-0.05, 0) is 88.9 Å². The second-order valence-corrected chi connectivity index (χ2v) is 19.7. The molecule has 0 spiro atoms. The summed E-state index contributed by atoms with van der Waals surface area (Å²) in [7, 11) is -2.34. The van der Waals surface area contributed by atoms with Gasteiger partial charge in [0.2, 0.25) is 21.8 Å². The Kier molecular flexibility index (Phi) is 10.9. The molecule has 59 heavy (non-hydrogen) atoms. The summed E-state index contributed by atoms with van der Waals surface area (Å²) in [5.74, 6) is -1.42. The Balaban J connectivity index is 1.15. The minimum Gasteiger partial charge on any atom is -0.497 e. The summed E-state index contributed by atoms with van der Waals surface area (Å²) in [6.07, 6.45) is 6.55. The number of carbonyl (C=O) groups is 4. The van der Waals surface area contributed by atoms with Gasteiger partial charge in [-0.15, -0.1) is 11.3 Å². The number of hydrogen-bond donors (Lipinski definition) is 3. The lowest BCUT2D eigenvalue weighted by Gasteiger charge is -2.30. The molecule has 314 valence electrons. The Labute approximate surface area is 346 Å². The number of hydrogen-bond acceptors (Lipinski definition) is 12. The summed E-state index contributed by atoms with van der Waals surface area (Å²) in [6, 6.07) is 8.88. The van der Waals surface area contributed by atoms with E-state index in [0.717, 1.165) is 17.7 Å². The molecular formula is C42H49N5O10S2. The maximum Gasteiger partial charge on any atom is 0.408 e. The Morgan fingerprint density at radius 2 is 1.90 bits per heavy atom. The van der Waals surface area contributed by atoms with Gasteiger partial charge in [0.1, 0.15) is 46.2 Å². The monoisotopic (exact) mass is 847 g/mol. The molecule has 4 amide bonds. The average Bonchev–Trinajstić information content (AvgIpc) is 3.98. The van der Waals surface area contributed by atoms with Crippen LogP contribution < -0.4 is 24.8 Å². The summed E-state index contributed by atoms with van der Waals surface area (Å²) in [5.41, 5.74) is -0.232. The van der Waals surface area contributed by atoms with Crippen LogP contribution in [0.2, 0.25) is 0 Å². The van der Waals surface area contributed by atoms with Gasteiger partial charge in [0.25, 0.3) is 5.91 Å². The van der Waals surface area contributed by atoms with E-state index < -0.39 is 74.3 Å². The molecule has 2 aliphatic heterocycles. The number of methoxy groups -OCH3 is 1. The summed E-state index contributed by atoms with van der Waals surface area (Å²) in [5, 5.41) is 7.68. The SMILES string of the molecule is COc1ccc2oc3c(O[C@@H]4C[C@H]5C(=O)N[C@]6(C(=O)NS(=O)(=O)C7CC7)C[C@H]6C=CCCCCC[C@H](NC(=O)OC(C)(C)C)C(=O)N5C4)cc(-c4cccs4)nc3c2c1. The van der Waals surface area contributed by atoms with Gasteiger partial charge in [0, 0.05) is 18.4 Å². The van der Waals surface area contributed by atoms with E-state index in [-0.39, 0.29) is 19.4 Å². The van der Waals surface area contributed by atoms with Crippen LogP contribution in [0.25, 0.3) is 32.6 Å². The van der Waals surface area contributed by atoms with Gasteiger partial charge >= 0.3 is 6.09 Å². The molecule has 3 N–H and O–H groups in total. The zero-order chi connectivity index (χ0) is 41.7. The maximum absolute atomic E-state index is 14.7. The number of fused-ring (bicyclic) bond motifs is 5. The predicted molar refractivity (Wildman–Crippen MR) is 220 cm³/mol. The van der Waals surface area contributed by atoms with Gasteiger partial charge in [-0.25, -0.2) is 18.2 Å². The molecule has 4 aliphatic rings. The third-order valence-electron chi connectivity index (χ3n) is 11.2.